The van der Waals surface area contributed by atoms with Crippen molar-refractivity contribution >= 4 is 44.2 Å². The molecule has 0 saturated carbocycles. The van der Waals surface area contributed by atoms with E-state index in [4.69, 9.17) is 10.5 Å². The standard InChI is InChI=1S/C19H15BrN6O/c1-11-5-6-12-3-2-4-14(17(12)25-11)27-19-16(21)18(23-10-24-19)26-15-8-7-13(20)9-22-15/h2-10H,21H2,1H3,(H,22,23,24,26). The maximum Gasteiger partial charge on any atom is 0.248 e. The first-order chi connectivity index (χ1) is 13.1. The van der Waals surface area contributed by atoms with Gasteiger partial charge in [-0.25, -0.2) is 15.0 Å². The Morgan fingerprint density at radius 2 is 1.93 bits per heavy atom. The first kappa shape index (κ1) is 17.2. The molecule has 0 fully saturated rings. The lowest BCUT2D eigenvalue weighted by Crippen LogP contribution is -2.04. The minimum Gasteiger partial charge on any atom is -0.435 e. The number of anilines is 3. The lowest BCUT2D eigenvalue weighted by Gasteiger charge is -2.12. The number of nitrogens with two attached hydrogens (primary N) is 1. The van der Waals surface area contributed by atoms with Gasteiger partial charge in [0.1, 0.15) is 23.3 Å². The van der Waals surface area contributed by atoms with Crippen molar-refractivity contribution in [2.75, 3.05) is 11.1 Å². The van der Waals surface area contributed by atoms with Gasteiger partial charge < -0.3 is 15.8 Å². The Kier molecular flexibility index (Phi) is 4.55. The van der Waals surface area contributed by atoms with Crippen molar-refractivity contribution in [3.05, 3.63) is 65.2 Å². The van der Waals surface area contributed by atoms with E-state index in [1.165, 1.54) is 6.33 Å². The highest BCUT2D eigenvalue weighted by Crippen LogP contribution is 2.33. The van der Waals surface area contributed by atoms with E-state index in [1.54, 1.807) is 6.20 Å². The molecule has 0 aliphatic heterocycles. The Bertz CT molecular complexity index is 1120. The third-order valence-corrected chi connectivity index (χ3v) is 4.32. The molecule has 0 aliphatic rings. The van der Waals surface area contributed by atoms with Crippen LogP contribution < -0.4 is 15.8 Å². The highest BCUT2D eigenvalue weighted by atomic mass is 79.9. The van der Waals surface area contributed by atoms with Crippen LogP contribution in [0.4, 0.5) is 17.3 Å². The predicted molar refractivity (Wildman–Crippen MR) is 108 cm³/mol. The van der Waals surface area contributed by atoms with Crippen LogP contribution in [0.5, 0.6) is 11.6 Å². The number of rotatable bonds is 4. The molecule has 3 aromatic heterocycles. The van der Waals surface area contributed by atoms with Gasteiger partial charge in [0.25, 0.3) is 0 Å². The molecular weight excluding hydrogens is 408 g/mol. The molecule has 0 unspecified atom stereocenters. The highest BCUT2D eigenvalue weighted by Gasteiger charge is 2.13. The summed E-state index contributed by atoms with van der Waals surface area (Å²) in [7, 11) is 0. The van der Waals surface area contributed by atoms with Crippen molar-refractivity contribution in [2.45, 2.75) is 6.92 Å². The number of pyridine rings is 2. The molecule has 7 nitrogen and oxygen atoms in total. The molecule has 4 rings (SSSR count). The summed E-state index contributed by atoms with van der Waals surface area (Å²) in [5.74, 6) is 1.85. The largest absolute Gasteiger partial charge is 0.435 e. The average Bonchev–Trinajstić information content (AvgIpc) is 2.67. The van der Waals surface area contributed by atoms with E-state index >= 15 is 0 Å². The van der Waals surface area contributed by atoms with Crippen molar-refractivity contribution < 1.29 is 4.74 Å². The number of hydrogen-bond acceptors (Lipinski definition) is 7. The molecule has 0 saturated heterocycles. The Morgan fingerprint density at radius 1 is 1.04 bits per heavy atom. The molecule has 0 amide bonds. The van der Waals surface area contributed by atoms with E-state index in [2.05, 4.69) is 41.2 Å². The molecule has 4 aromatic rings. The molecule has 134 valence electrons. The van der Waals surface area contributed by atoms with Gasteiger partial charge in [-0.05, 0) is 47.1 Å². The summed E-state index contributed by atoms with van der Waals surface area (Å²) in [6, 6.07) is 13.3. The number of nitrogens with zero attached hydrogens (tertiary/aromatic N) is 4. The zero-order valence-corrected chi connectivity index (χ0v) is 15.9. The minimum absolute atomic E-state index is 0.250. The number of aryl methyl sites for hydroxylation is 1. The SMILES string of the molecule is Cc1ccc2cccc(Oc3ncnc(Nc4ccc(Br)cn4)c3N)c2n1. The third-order valence-electron chi connectivity index (χ3n) is 3.85. The van der Waals surface area contributed by atoms with Gasteiger partial charge in [-0.2, -0.15) is 4.98 Å². The van der Waals surface area contributed by atoms with Crippen LogP contribution in [0.25, 0.3) is 10.9 Å². The number of nitrogen functional groups attached to an aromatic ring is 1. The molecule has 0 atom stereocenters. The second kappa shape index (κ2) is 7.16. The number of fused-ring (bicyclic) bond motifs is 1. The van der Waals surface area contributed by atoms with E-state index in [0.717, 1.165) is 21.1 Å². The van der Waals surface area contributed by atoms with Crippen LogP contribution in [-0.4, -0.2) is 19.9 Å². The average molecular weight is 423 g/mol. The van der Waals surface area contributed by atoms with Gasteiger partial charge in [0, 0.05) is 21.7 Å². The first-order valence-corrected chi connectivity index (χ1v) is 8.93. The highest BCUT2D eigenvalue weighted by molar-refractivity contribution is 9.10. The summed E-state index contributed by atoms with van der Waals surface area (Å²) >= 11 is 3.35. The first-order valence-electron chi connectivity index (χ1n) is 8.13. The number of nitrogens with one attached hydrogen (secondary N) is 1. The molecule has 0 aliphatic carbocycles. The van der Waals surface area contributed by atoms with Crippen LogP contribution in [-0.2, 0) is 0 Å². The number of hydrogen-bond donors (Lipinski definition) is 2. The molecule has 1 aromatic carbocycles. The van der Waals surface area contributed by atoms with Crippen LogP contribution >= 0.6 is 15.9 Å². The van der Waals surface area contributed by atoms with E-state index in [1.807, 2.05) is 49.4 Å². The van der Waals surface area contributed by atoms with E-state index in [9.17, 15) is 0 Å². The van der Waals surface area contributed by atoms with E-state index < -0.39 is 0 Å². The monoisotopic (exact) mass is 422 g/mol. The van der Waals surface area contributed by atoms with Crippen molar-refractivity contribution in [3.63, 3.8) is 0 Å². The smallest absolute Gasteiger partial charge is 0.248 e. The Hall–Kier alpha value is -3.26. The van der Waals surface area contributed by atoms with Gasteiger partial charge in [0.05, 0.1) is 0 Å². The minimum atomic E-state index is 0.250. The summed E-state index contributed by atoms with van der Waals surface area (Å²) < 4.78 is 6.85. The number of benzene rings is 1. The van der Waals surface area contributed by atoms with Crippen LogP contribution in [0.1, 0.15) is 5.69 Å². The lowest BCUT2D eigenvalue weighted by atomic mass is 10.2. The summed E-state index contributed by atoms with van der Waals surface area (Å²) in [5, 5.41) is 4.04. The van der Waals surface area contributed by atoms with Gasteiger partial charge in [0.15, 0.2) is 11.6 Å². The number of ether oxygens (including phenoxy) is 1. The van der Waals surface area contributed by atoms with E-state index in [-0.39, 0.29) is 11.6 Å². The molecular formula is C19H15BrN6O. The fraction of sp³-hybridized carbons (Fsp3) is 0.0526. The van der Waals surface area contributed by atoms with Gasteiger partial charge in [0.2, 0.25) is 5.88 Å². The summed E-state index contributed by atoms with van der Waals surface area (Å²) in [6.45, 7) is 1.93. The maximum absolute atomic E-state index is 6.21. The van der Waals surface area contributed by atoms with Crippen LogP contribution in [0.3, 0.4) is 0 Å². The molecule has 0 bridgehead atoms. The fourth-order valence-electron chi connectivity index (χ4n) is 2.54. The molecule has 0 spiro atoms. The molecule has 3 N–H and O–H groups in total. The van der Waals surface area contributed by atoms with Crippen LogP contribution in [0, 0.1) is 6.92 Å². The number of halogens is 1. The van der Waals surface area contributed by atoms with E-state index in [0.29, 0.717) is 17.4 Å². The lowest BCUT2D eigenvalue weighted by molar-refractivity contribution is 0.469. The second-order valence-corrected chi connectivity index (χ2v) is 6.73. The summed E-state index contributed by atoms with van der Waals surface area (Å²) in [5.41, 5.74) is 8.15. The Morgan fingerprint density at radius 3 is 2.74 bits per heavy atom. The van der Waals surface area contributed by atoms with Gasteiger partial charge in [-0.1, -0.05) is 18.2 Å². The van der Waals surface area contributed by atoms with Crippen LogP contribution in [0.2, 0.25) is 0 Å². The molecule has 3 heterocycles. The summed E-state index contributed by atoms with van der Waals surface area (Å²) in [4.78, 5) is 17.2. The topological polar surface area (TPSA) is 98.8 Å². The molecule has 0 radical (unpaired) electrons. The van der Waals surface area contributed by atoms with Gasteiger partial charge in [-0.3, -0.25) is 0 Å². The Labute approximate surface area is 163 Å². The third kappa shape index (κ3) is 3.65. The zero-order valence-electron chi connectivity index (χ0n) is 14.3. The second-order valence-electron chi connectivity index (χ2n) is 5.81. The normalized spacial score (nSPS) is 10.7. The van der Waals surface area contributed by atoms with Crippen molar-refractivity contribution in [3.8, 4) is 11.6 Å². The number of aromatic nitrogens is 4. The quantitative estimate of drug-likeness (QED) is 0.495. The molecule has 8 heteroatoms. The van der Waals surface area contributed by atoms with Gasteiger partial charge in [-0.15, -0.1) is 0 Å². The predicted octanol–water partition coefficient (Wildman–Crippen LogP) is 4.61. The zero-order chi connectivity index (χ0) is 18.8. The van der Waals surface area contributed by atoms with Gasteiger partial charge >= 0.3 is 0 Å². The summed E-state index contributed by atoms with van der Waals surface area (Å²) in [6.07, 6.45) is 3.07. The van der Waals surface area contributed by atoms with Crippen molar-refractivity contribution in [2.24, 2.45) is 0 Å². The molecule has 27 heavy (non-hydrogen) atoms. The Balaban J connectivity index is 1.67. The number of para-hydroxylation sites is 1. The van der Waals surface area contributed by atoms with Crippen LogP contribution in [0.15, 0.2) is 59.5 Å². The fourth-order valence-corrected chi connectivity index (χ4v) is 2.77. The maximum atomic E-state index is 6.21. The van der Waals surface area contributed by atoms with Crippen molar-refractivity contribution in [1.29, 1.82) is 0 Å². The van der Waals surface area contributed by atoms with Crippen molar-refractivity contribution in [1.82, 2.24) is 19.9 Å².